The van der Waals surface area contributed by atoms with Gasteiger partial charge in [0.2, 0.25) is 0 Å². The minimum atomic E-state index is -0.600. The molecule has 0 aliphatic carbocycles. The van der Waals surface area contributed by atoms with Crippen LogP contribution in [0.1, 0.15) is 15.9 Å². The Balaban J connectivity index is 2.42. The van der Waals surface area contributed by atoms with Crippen LogP contribution in [0.25, 0.3) is 0 Å². The van der Waals surface area contributed by atoms with E-state index < -0.39 is 5.91 Å². The lowest BCUT2D eigenvalue weighted by atomic mass is 10.1. The Labute approximate surface area is 110 Å². The Morgan fingerprint density at radius 1 is 1.16 bits per heavy atom. The monoisotopic (exact) mass is 259 g/mol. The molecule has 1 amide bonds. The Kier molecular flexibility index (Phi) is 3.37. The number of hydrogen-bond acceptors (Lipinski definition) is 3. The van der Waals surface area contributed by atoms with E-state index in [0.717, 1.165) is 0 Å². The molecular formula is C14H14FN3O. The lowest BCUT2D eigenvalue weighted by molar-refractivity contribution is 0.100. The minimum absolute atomic E-state index is 0.235. The van der Waals surface area contributed by atoms with Crippen molar-refractivity contribution in [3.8, 4) is 0 Å². The first-order valence-electron chi connectivity index (χ1n) is 5.71. The Morgan fingerprint density at radius 3 is 2.47 bits per heavy atom. The van der Waals surface area contributed by atoms with Gasteiger partial charge in [-0.15, -0.1) is 0 Å². The zero-order valence-corrected chi connectivity index (χ0v) is 10.4. The third kappa shape index (κ3) is 2.49. The molecule has 0 aliphatic heterocycles. The summed E-state index contributed by atoms with van der Waals surface area (Å²) in [7, 11) is 0. The Morgan fingerprint density at radius 2 is 1.79 bits per heavy atom. The van der Waals surface area contributed by atoms with Crippen molar-refractivity contribution in [3.05, 3.63) is 53.3 Å². The average molecular weight is 259 g/mol. The molecule has 4 nitrogen and oxygen atoms in total. The van der Waals surface area contributed by atoms with Crippen molar-refractivity contribution >= 4 is 23.0 Å². The largest absolute Gasteiger partial charge is 0.396 e. The van der Waals surface area contributed by atoms with Crippen LogP contribution in [0.4, 0.5) is 21.5 Å². The smallest absolute Gasteiger partial charge is 0.250 e. The third-order valence-corrected chi connectivity index (χ3v) is 2.91. The number of hydrogen-bond donors (Lipinski definition) is 3. The molecule has 0 atom stereocenters. The summed E-state index contributed by atoms with van der Waals surface area (Å²) in [6.07, 6.45) is 0. The molecule has 0 saturated heterocycles. The van der Waals surface area contributed by atoms with Crippen LogP contribution in [0.3, 0.4) is 0 Å². The van der Waals surface area contributed by atoms with Crippen molar-refractivity contribution in [1.82, 2.24) is 0 Å². The highest BCUT2D eigenvalue weighted by Gasteiger charge is 2.11. The van der Waals surface area contributed by atoms with Crippen molar-refractivity contribution in [2.75, 3.05) is 11.1 Å². The van der Waals surface area contributed by atoms with Gasteiger partial charge in [-0.1, -0.05) is 12.1 Å². The topological polar surface area (TPSA) is 81.1 Å². The maximum absolute atomic E-state index is 13.4. The first-order chi connectivity index (χ1) is 9.00. The van der Waals surface area contributed by atoms with Crippen molar-refractivity contribution < 1.29 is 9.18 Å². The van der Waals surface area contributed by atoms with E-state index in [1.165, 1.54) is 6.07 Å². The van der Waals surface area contributed by atoms with Crippen molar-refractivity contribution in [1.29, 1.82) is 0 Å². The zero-order chi connectivity index (χ0) is 14.0. The van der Waals surface area contributed by atoms with Crippen LogP contribution in [0, 0.1) is 12.7 Å². The summed E-state index contributed by atoms with van der Waals surface area (Å²) in [4.78, 5) is 11.2. The molecule has 0 bridgehead atoms. The lowest BCUT2D eigenvalue weighted by Gasteiger charge is -2.13. The molecule has 0 radical (unpaired) electrons. The molecule has 2 rings (SSSR count). The Hall–Kier alpha value is -2.56. The number of carbonyl (C=O) groups excluding carboxylic acids is 1. The summed E-state index contributed by atoms with van der Waals surface area (Å²) in [5.74, 6) is -0.910. The molecule has 0 saturated carbocycles. The maximum atomic E-state index is 13.4. The van der Waals surface area contributed by atoms with Crippen LogP contribution in [-0.4, -0.2) is 5.91 Å². The first-order valence-corrected chi connectivity index (χ1v) is 5.71. The fourth-order valence-electron chi connectivity index (χ4n) is 1.78. The summed E-state index contributed by atoms with van der Waals surface area (Å²) >= 11 is 0. The van der Waals surface area contributed by atoms with Gasteiger partial charge in [0.15, 0.2) is 0 Å². The van der Waals surface area contributed by atoms with Crippen LogP contribution >= 0.6 is 0 Å². The van der Waals surface area contributed by atoms with E-state index >= 15 is 0 Å². The summed E-state index contributed by atoms with van der Waals surface area (Å²) in [5.41, 5.74) is 13.2. The van der Waals surface area contributed by atoms with Crippen molar-refractivity contribution in [2.45, 2.75) is 6.92 Å². The van der Waals surface area contributed by atoms with Gasteiger partial charge in [-0.2, -0.15) is 0 Å². The number of para-hydroxylation sites is 1. The van der Waals surface area contributed by atoms with Crippen molar-refractivity contribution in [3.63, 3.8) is 0 Å². The minimum Gasteiger partial charge on any atom is -0.396 e. The fourth-order valence-corrected chi connectivity index (χ4v) is 1.78. The number of halogens is 1. The van der Waals surface area contributed by atoms with Crippen LogP contribution in [-0.2, 0) is 0 Å². The highest BCUT2D eigenvalue weighted by molar-refractivity contribution is 6.01. The number of primary amides is 1. The number of anilines is 3. The lowest BCUT2D eigenvalue weighted by Crippen LogP contribution is -2.14. The molecule has 0 aromatic heterocycles. The number of carbonyl (C=O) groups is 1. The molecule has 0 heterocycles. The van der Waals surface area contributed by atoms with Crippen LogP contribution < -0.4 is 16.8 Å². The van der Waals surface area contributed by atoms with E-state index in [0.29, 0.717) is 16.9 Å². The Bertz CT molecular complexity index is 641. The number of amides is 1. The van der Waals surface area contributed by atoms with Crippen LogP contribution in [0.2, 0.25) is 0 Å². The predicted octanol–water partition coefficient (Wildman–Crippen LogP) is 2.56. The van der Waals surface area contributed by atoms with Gasteiger partial charge >= 0.3 is 0 Å². The van der Waals surface area contributed by atoms with Gasteiger partial charge in [0.25, 0.3) is 5.91 Å². The molecule has 2 aromatic rings. The van der Waals surface area contributed by atoms with Gasteiger partial charge < -0.3 is 16.8 Å². The molecule has 0 unspecified atom stereocenters. The van der Waals surface area contributed by atoms with Gasteiger partial charge in [0, 0.05) is 11.3 Å². The first kappa shape index (κ1) is 12.9. The summed E-state index contributed by atoms with van der Waals surface area (Å²) in [6, 6.07) is 9.61. The quantitative estimate of drug-likeness (QED) is 0.741. The van der Waals surface area contributed by atoms with Gasteiger partial charge in [-0.3, -0.25) is 4.79 Å². The van der Waals surface area contributed by atoms with Gasteiger partial charge in [-0.05, 0) is 31.2 Å². The number of nitrogens with two attached hydrogens (primary N) is 2. The third-order valence-electron chi connectivity index (χ3n) is 2.91. The van der Waals surface area contributed by atoms with E-state index in [9.17, 15) is 9.18 Å². The van der Waals surface area contributed by atoms with E-state index in [4.69, 9.17) is 11.5 Å². The molecule has 0 fully saturated rings. The highest BCUT2D eigenvalue weighted by Crippen LogP contribution is 2.28. The molecule has 2 aromatic carbocycles. The molecule has 19 heavy (non-hydrogen) atoms. The van der Waals surface area contributed by atoms with E-state index in [1.54, 1.807) is 37.3 Å². The van der Waals surface area contributed by atoms with E-state index in [2.05, 4.69) is 5.32 Å². The van der Waals surface area contributed by atoms with E-state index in [1.807, 2.05) is 0 Å². The number of nitrogen functional groups attached to an aromatic ring is 1. The second-order valence-electron chi connectivity index (χ2n) is 4.17. The van der Waals surface area contributed by atoms with Gasteiger partial charge in [-0.25, -0.2) is 4.39 Å². The van der Waals surface area contributed by atoms with Gasteiger partial charge in [0.1, 0.15) is 5.82 Å². The summed E-state index contributed by atoms with van der Waals surface area (Å²) in [6.45, 7) is 1.66. The normalized spacial score (nSPS) is 10.2. The zero-order valence-electron chi connectivity index (χ0n) is 10.4. The van der Waals surface area contributed by atoms with Crippen molar-refractivity contribution in [2.24, 2.45) is 5.73 Å². The molecule has 5 N–H and O–H groups in total. The molecule has 98 valence electrons. The number of benzene rings is 2. The SMILES string of the molecule is Cc1c(F)cccc1Nc1cccc(C(N)=O)c1N. The fraction of sp³-hybridized carbons (Fsp3) is 0.0714. The summed E-state index contributed by atoms with van der Waals surface area (Å²) < 4.78 is 13.4. The standard InChI is InChI=1S/C14H14FN3O/c1-8-10(15)5-3-6-11(8)18-12-7-2-4-9(13(12)16)14(17)19/h2-7,18H,16H2,1H3,(H2,17,19). The summed E-state index contributed by atoms with van der Waals surface area (Å²) in [5, 5.41) is 3.00. The molecular weight excluding hydrogens is 245 g/mol. The highest BCUT2D eigenvalue weighted by atomic mass is 19.1. The molecule has 5 heteroatoms. The molecule has 0 spiro atoms. The van der Waals surface area contributed by atoms with Gasteiger partial charge in [0.05, 0.1) is 16.9 Å². The van der Waals surface area contributed by atoms with E-state index in [-0.39, 0.29) is 17.1 Å². The average Bonchev–Trinajstić information content (AvgIpc) is 2.37. The van der Waals surface area contributed by atoms with Crippen LogP contribution in [0.5, 0.6) is 0 Å². The number of rotatable bonds is 3. The maximum Gasteiger partial charge on any atom is 0.250 e. The number of nitrogens with one attached hydrogen (secondary N) is 1. The second kappa shape index (κ2) is 4.97. The van der Waals surface area contributed by atoms with Crippen LogP contribution in [0.15, 0.2) is 36.4 Å². The predicted molar refractivity (Wildman–Crippen MR) is 73.8 cm³/mol. The molecule has 0 aliphatic rings. The second-order valence-corrected chi connectivity index (χ2v) is 4.17.